The van der Waals surface area contributed by atoms with Gasteiger partial charge in [-0.1, -0.05) is 0 Å². The predicted octanol–water partition coefficient (Wildman–Crippen LogP) is 2.97. The van der Waals surface area contributed by atoms with Crippen LogP contribution >= 0.6 is 28.1 Å². The van der Waals surface area contributed by atoms with E-state index < -0.39 is 0 Å². The van der Waals surface area contributed by atoms with Crippen LogP contribution in [0.15, 0.2) is 45.6 Å². The summed E-state index contributed by atoms with van der Waals surface area (Å²) < 4.78 is 6.16. The molecular weight excluding hydrogens is 314 g/mol. The average molecular weight is 326 g/mol. The lowest BCUT2D eigenvalue weighted by atomic mass is 10.3. The van der Waals surface area contributed by atoms with Crippen LogP contribution in [0.1, 0.15) is 5.76 Å². The van der Waals surface area contributed by atoms with E-state index in [0.717, 1.165) is 23.2 Å². The molecule has 4 nitrogen and oxygen atoms in total. The van der Waals surface area contributed by atoms with Gasteiger partial charge in [0.15, 0.2) is 5.11 Å². The summed E-state index contributed by atoms with van der Waals surface area (Å²) in [6, 6.07) is 7.57. The standard InChI is InChI=1S/C12H12BrN3OS/c13-9-3-4-11(15-8-9)16-12(18)14-6-5-10-2-1-7-17-10/h1-4,7-8H,5-6H2,(H2,14,15,16,18). The first kappa shape index (κ1) is 13.0. The van der Waals surface area contributed by atoms with Crippen molar-refractivity contribution in [1.82, 2.24) is 10.3 Å². The Morgan fingerprint density at radius 3 is 2.94 bits per heavy atom. The zero-order chi connectivity index (χ0) is 12.8. The molecule has 0 atom stereocenters. The van der Waals surface area contributed by atoms with E-state index in [9.17, 15) is 0 Å². The van der Waals surface area contributed by atoms with Gasteiger partial charge in [0.2, 0.25) is 0 Å². The van der Waals surface area contributed by atoms with E-state index in [1.165, 1.54) is 0 Å². The number of halogens is 1. The fraction of sp³-hybridized carbons (Fsp3) is 0.167. The van der Waals surface area contributed by atoms with Gasteiger partial charge < -0.3 is 15.1 Å². The van der Waals surface area contributed by atoms with Crippen molar-refractivity contribution in [2.24, 2.45) is 0 Å². The minimum atomic E-state index is 0.552. The summed E-state index contributed by atoms with van der Waals surface area (Å²) in [4.78, 5) is 4.17. The third-order valence-corrected chi connectivity index (χ3v) is 2.92. The summed E-state index contributed by atoms with van der Waals surface area (Å²) in [5.41, 5.74) is 0. The minimum Gasteiger partial charge on any atom is -0.469 e. The summed E-state index contributed by atoms with van der Waals surface area (Å²) in [6.45, 7) is 0.718. The van der Waals surface area contributed by atoms with Gasteiger partial charge in [0, 0.05) is 23.6 Å². The van der Waals surface area contributed by atoms with Crippen molar-refractivity contribution in [3.8, 4) is 0 Å². The van der Waals surface area contributed by atoms with Gasteiger partial charge in [0.1, 0.15) is 11.6 Å². The van der Waals surface area contributed by atoms with E-state index in [1.807, 2.05) is 24.3 Å². The van der Waals surface area contributed by atoms with Crippen LogP contribution in [0, 0.1) is 0 Å². The molecule has 0 saturated carbocycles. The van der Waals surface area contributed by atoms with Crippen LogP contribution in [0.4, 0.5) is 5.82 Å². The molecule has 0 aliphatic carbocycles. The number of aromatic nitrogens is 1. The second-order valence-electron chi connectivity index (χ2n) is 3.57. The van der Waals surface area contributed by atoms with Crippen molar-refractivity contribution in [2.75, 3.05) is 11.9 Å². The second-order valence-corrected chi connectivity index (χ2v) is 4.90. The van der Waals surface area contributed by atoms with Crippen LogP contribution in [-0.4, -0.2) is 16.6 Å². The maximum absolute atomic E-state index is 5.23. The molecule has 0 unspecified atom stereocenters. The Bertz CT molecular complexity index is 499. The number of furan rings is 1. The SMILES string of the molecule is S=C(NCCc1ccco1)Nc1ccc(Br)cn1. The monoisotopic (exact) mass is 325 g/mol. The molecule has 0 aliphatic rings. The highest BCUT2D eigenvalue weighted by Gasteiger charge is 1.99. The molecule has 0 spiro atoms. The number of anilines is 1. The highest BCUT2D eigenvalue weighted by molar-refractivity contribution is 9.10. The molecule has 2 heterocycles. The third kappa shape index (κ3) is 4.12. The second kappa shape index (κ2) is 6.51. The van der Waals surface area contributed by atoms with E-state index >= 15 is 0 Å². The molecule has 0 saturated heterocycles. The van der Waals surface area contributed by atoms with Gasteiger partial charge in [-0.25, -0.2) is 4.98 Å². The molecule has 0 aliphatic heterocycles. The number of pyridine rings is 1. The van der Waals surface area contributed by atoms with Crippen LogP contribution in [0.5, 0.6) is 0 Å². The van der Waals surface area contributed by atoms with E-state index in [2.05, 4.69) is 31.5 Å². The van der Waals surface area contributed by atoms with E-state index in [-0.39, 0.29) is 0 Å². The Morgan fingerprint density at radius 2 is 2.28 bits per heavy atom. The topological polar surface area (TPSA) is 50.1 Å². The molecule has 0 radical (unpaired) electrons. The molecule has 0 bridgehead atoms. The fourth-order valence-corrected chi connectivity index (χ4v) is 1.81. The Kier molecular flexibility index (Phi) is 4.72. The first-order chi connectivity index (χ1) is 8.74. The van der Waals surface area contributed by atoms with Crippen molar-refractivity contribution in [2.45, 2.75) is 6.42 Å². The smallest absolute Gasteiger partial charge is 0.171 e. The molecule has 2 aromatic rings. The van der Waals surface area contributed by atoms with Crippen molar-refractivity contribution < 1.29 is 4.42 Å². The van der Waals surface area contributed by atoms with Gasteiger partial charge in [-0.05, 0) is 52.4 Å². The number of nitrogens with zero attached hydrogens (tertiary/aromatic N) is 1. The molecule has 6 heteroatoms. The average Bonchev–Trinajstić information content (AvgIpc) is 2.85. The highest BCUT2D eigenvalue weighted by Crippen LogP contribution is 2.10. The zero-order valence-electron chi connectivity index (χ0n) is 9.52. The number of hydrogen-bond acceptors (Lipinski definition) is 3. The molecule has 0 fully saturated rings. The molecule has 0 aromatic carbocycles. The Balaban J connectivity index is 1.73. The molecule has 18 heavy (non-hydrogen) atoms. The lowest BCUT2D eigenvalue weighted by molar-refractivity contribution is 0.507. The van der Waals surface area contributed by atoms with Crippen LogP contribution in [0.3, 0.4) is 0 Å². The molecule has 2 aromatic heterocycles. The summed E-state index contributed by atoms with van der Waals surface area (Å²) in [5, 5.41) is 6.65. The normalized spacial score (nSPS) is 10.1. The zero-order valence-corrected chi connectivity index (χ0v) is 11.9. The first-order valence-electron chi connectivity index (χ1n) is 5.43. The Hall–Kier alpha value is -1.40. The Labute approximate surface area is 119 Å². The van der Waals surface area contributed by atoms with Crippen LogP contribution in [0.25, 0.3) is 0 Å². The fourth-order valence-electron chi connectivity index (χ4n) is 1.36. The largest absolute Gasteiger partial charge is 0.469 e. The van der Waals surface area contributed by atoms with E-state index in [0.29, 0.717) is 10.9 Å². The van der Waals surface area contributed by atoms with Crippen molar-refractivity contribution in [3.63, 3.8) is 0 Å². The maximum atomic E-state index is 5.23. The number of thiocarbonyl (C=S) groups is 1. The quantitative estimate of drug-likeness (QED) is 0.846. The minimum absolute atomic E-state index is 0.552. The summed E-state index contributed by atoms with van der Waals surface area (Å²) >= 11 is 8.49. The molecule has 2 rings (SSSR count). The van der Waals surface area contributed by atoms with Gasteiger partial charge in [0.25, 0.3) is 0 Å². The van der Waals surface area contributed by atoms with Crippen LogP contribution in [0.2, 0.25) is 0 Å². The number of hydrogen-bond donors (Lipinski definition) is 2. The third-order valence-electron chi connectivity index (χ3n) is 2.21. The molecule has 2 N–H and O–H groups in total. The summed E-state index contributed by atoms with van der Waals surface area (Å²) in [5.74, 6) is 1.65. The molecular formula is C12H12BrN3OS. The van der Waals surface area contributed by atoms with E-state index in [4.69, 9.17) is 16.6 Å². The van der Waals surface area contributed by atoms with Crippen LogP contribution in [-0.2, 0) is 6.42 Å². The van der Waals surface area contributed by atoms with E-state index in [1.54, 1.807) is 12.5 Å². The highest BCUT2D eigenvalue weighted by atomic mass is 79.9. The predicted molar refractivity (Wildman–Crippen MR) is 78.6 cm³/mol. The lowest BCUT2D eigenvalue weighted by Gasteiger charge is -2.08. The molecule has 0 amide bonds. The van der Waals surface area contributed by atoms with Crippen molar-refractivity contribution >= 4 is 39.1 Å². The summed E-state index contributed by atoms with van der Waals surface area (Å²) in [6.07, 6.45) is 4.17. The summed E-state index contributed by atoms with van der Waals surface area (Å²) in [7, 11) is 0. The molecule has 94 valence electrons. The first-order valence-corrected chi connectivity index (χ1v) is 6.63. The maximum Gasteiger partial charge on any atom is 0.171 e. The van der Waals surface area contributed by atoms with Gasteiger partial charge in [0.05, 0.1) is 6.26 Å². The van der Waals surface area contributed by atoms with Gasteiger partial charge in [-0.3, -0.25) is 0 Å². The number of rotatable bonds is 4. The van der Waals surface area contributed by atoms with Crippen molar-refractivity contribution in [1.29, 1.82) is 0 Å². The van der Waals surface area contributed by atoms with Gasteiger partial charge >= 0.3 is 0 Å². The van der Waals surface area contributed by atoms with Gasteiger partial charge in [-0.2, -0.15) is 0 Å². The lowest BCUT2D eigenvalue weighted by Crippen LogP contribution is -2.30. The van der Waals surface area contributed by atoms with Crippen molar-refractivity contribution in [3.05, 3.63) is 47.0 Å². The number of nitrogens with one attached hydrogen (secondary N) is 2. The Morgan fingerprint density at radius 1 is 1.39 bits per heavy atom. The van der Waals surface area contributed by atoms with Gasteiger partial charge in [-0.15, -0.1) is 0 Å². The van der Waals surface area contributed by atoms with Crippen LogP contribution < -0.4 is 10.6 Å².